The Hall–Kier alpha value is -4.97. The molecule has 4 atom stereocenters. The number of amides is 4. The van der Waals surface area contributed by atoms with E-state index in [0.717, 1.165) is 12.0 Å². The van der Waals surface area contributed by atoms with E-state index in [1.807, 2.05) is 44.2 Å². The van der Waals surface area contributed by atoms with Crippen molar-refractivity contribution < 1.29 is 33.8 Å². The number of aryl methyl sites for hydroxylation is 1. The molecule has 2 saturated heterocycles. The van der Waals surface area contributed by atoms with Crippen molar-refractivity contribution in [1.29, 1.82) is 0 Å². The van der Waals surface area contributed by atoms with E-state index in [2.05, 4.69) is 15.6 Å². The fourth-order valence-corrected chi connectivity index (χ4v) is 6.94. The normalized spacial score (nSPS) is 19.0. The largest absolute Gasteiger partial charge is 0.493 e. The van der Waals surface area contributed by atoms with Crippen molar-refractivity contribution in [2.45, 2.75) is 51.9 Å². The molecule has 12 heteroatoms. The van der Waals surface area contributed by atoms with Gasteiger partial charge in [-0.25, -0.2) is 4.98 Å². The van der Waals surface area contributed by atoms with Gasteiger partial charge in [0.15, 0.2) is 11.5 Å². The van der Waals surface area contributed by atoms with Gasteiger partial charge in [-0.05, 0) is 80.8 Å². The Balaban J connectivity index is 1.37. The van der Waals surface area contributed by atoms with Gasteiger partial charge in [-0.15, -0.1) is 0 Å². The van der Waals surface area contributed by atoms with Crippen LogP contribution in [-0.2, 0) is 22.6 Å². The second-order valence-electron chi connectivity index (χ2n) is 13.2. The lowest BCUT2D eigenvalue weighted by Crippen LogP contribution is -2.56. The number of hydrogen-bond acceptors (Lipinski definition) is 8. The number of likely N-dealkylation sites (N-methyl/N-ethyl adjacent to an activating group) is 1. The van der Waals surface area contributed by atoms with Crippen molar-refractivity contribution in [3.63, 3.8) is 0 Å². The molecule has 2 fully saturated rings. The van der Waals surface area contributed by atoms with Gasteiger partial charge < -0.3 is 35.0 Å². The van der Waals surface area contributed by atoms with E-state index in [4.69, 9.17) is 9.47 Å². The molecule has 3 heterocycles. The number of likely N-dealkylation sites (tertiary alicyclic amines) is 2. The molecule has 3 N–H and O–H groups in total. The minimum absolute atomic E-state index is 0.0749. The van der Waals surface area contributed by atoms with Gasteiger partial charge in [0, 0.05) is 38.8 Å². The number of piperidine rings is 1. The monoisotopic (exact) mass is 685 g/mol. The molecule has 266 valence electrons. The van der Waals surface area contributed by atoms with Gasteiger partial charge in [-0.2, -0.15) is 0 Å². The van der Waals surface area contributed by atoms with E-state index >= 15 is 0 Å². The number of fused-ring (bicyclic) bond motifs is 1. The smallest absolute Gasteiger partial charge is 0.272 e. The van der Waals surface area contributed by atoms with Crippen LogP contribution in [0.4, 0.5) is 0 Å². The molecule has 12 nitrogen and oxygen atoms in total. The van der Waals surface area contributed by atoms with Gasteiger partial charge in [-0.1, -0.05) is 36.4 Å². The lowest BCUT2D eigenvalue weighted by atomic mass is 9.79. The number of aliphatic hydroxyl groups excluding tert-OH is 1. The zero-order chi connectivity index (χ0) is 35.8. The summed E-state index contributed by atoms with van der Waals surface area (Å²) in [6.07, 6.45) is 1.80. The molecule has 0 bridgehead atoms. The number of ether oxygens (including phenoxy) is 2. The second-order valence-corrected chi connectivity index (χ2v) is 13.2. The summed E-state index contributed by atoms with van der Waals surface area (Å²) in [5.41, 5.74) is 2.10. The van der Waals surface area contributed by atoms with Gasteiger partial charge in [0.2, 0.25) is 11.8 Å². The van der Waals surface area contributed by atoms with Gasteiger partial charge >= 0.3 is 0 Å². The Morgan fingerprint density at radius 1 is 0.920 bits per heavy atom. The highest BCUT2D eigenvalue weighted by molar-refractivity contribution is 5.96. The minimum Gasteiger partial charge on any atom is -0.493 e. The van der Waals surface area contributed by atoms with Crippen LogP contribution in [0.5, 0.6) is 11.5 Å². The summed E-state index contributed by atoms with van der Waals surface area (Å²) in [4.78, 5) is 62.4. The molecular formula is C38H47N5O7. The van der Waals surface area contributed by atoms with Crippen LogP contribution < -0.4 is 20.1 Å². The fourth-order valence-electron chi connectivity index (χ4n) is 6.94. The molecule has 2 aliphatic heterocycles. The molecule has 0 aliphatic carbocycles. The number of aliphatic hydroxyl groups is 1. The average Bonchev–Trinajstić information content (AvgIpc) is 3.57. The molecule has 2 aliphatic rings. The number of carbonyl (C=O) groups is 4. The predicted octanol–water partition coefficient (Wildman–Crippen LogP) is 3.08. The van der Waals surface area contributed by atoms with Crippen molar-refractivity contribution in [3.05, 3.63) is 89.2 Å². The Morgan fingerprint density at radius 3 is 2.34 bits per heavy atom. The van der Waals surface area contributed by atoms with Gasteiger partial charge in [0.1, 0.15) is 11.7 Å². The number of nitrogens with one attached hydrogen (secondary N) is 2. The molecule has 50 heavy (non-hydrogen) atoms. The Kier molecular flexibility index (Phi) is 12.1. The predicted molar refractivity (Wildman–Crippen MR) is 187 cm³/mol. The van der Waals surface area contributed by atoms with Crippen LogP contribution in [-0.4, -0.2) is 96.0 Å². The van der Waals surface area contributed by atoms with E-state index in [-0.39, 0.29) is 60.4 Å². The molecule has 3 unspecified atom stereocenters. The lowest BCUT2D eigenvalue weighted by Gasteiger charge is -2.39. The summed E-state index contributed by atoms with van der Waals surface area (Å²) in [5.74, 6) is -1.37. The van der Waals surface area contributed by atoms with Crippen LogP contribution in [0.25, 0.3) is 0 Å². The van der Waals surface area contributed by atoms with Crippen LogP contribution in [0.15, 0.2) is 66.7 Å². The standard InChI is InChI=1S/C38H47N5O7/c1-24(2)50-33-17-16-26(18-34(33)49-4)37(47)42-19-27-20-43(38(48)32-15-9-13-28(23-44)40-32)22-30(29(27)21-42)35(45)41-31(36(46)39-3)14-8-12-25-10-6-5-7-11-25/h5-7,9-11,13,15-18,24,27,29-31,44H,8,12,14,19-23H2,1-4H3,(H,39,46)(H,41,45)/t27?,29?,30?,31-/m0/s1. The zero-order valence-electron chi connectivity index (χ0n) is 29.1. The summed E-state index contributed by atoms with van der Waals surface area (Å²) < 4.78 is 11.3. The number of hydrogen-bond donors (Lipinski definition) is 3. The first-order valence-electron chi connectivity index (χ1n) is 17.2. The molecule has 4 amide bonds. The summed E-state index contributed by atoms with van der Waals surface area (Å²) in [5, 5.41) is 15.3. The summed E-state index contributed by atoms with van der Waals surface area (Å²) in [6, 6.07) is 19.1. The fraction of sp³-hybridized carbons (Fsp3) is 0.447. The average molecular weight is 686 g/mol. The first-order valence-corrected chi connectivity index (χ1v) is 17.2. The lowest BCUT2D eigenvalue weighted by molar-refractivity contribution is -0.133. The molecule has 0 spiro atoms. The van der Waals surface area contributed by atoms with Crippen molar-refractivity contribution in [2.24, 2.45) is 17.8 Å². The zero-order valence-corrected chi connectivity index (χ0v) is 29.1. The van der Waals surface area contributed by atoms with Gasteiger partial charge in [-0.3, -0.25) is 19.2 Å². The van der Waals surface area contributed by atoms with Crippen LogP contribution in [0.3, 0.4) is 0 Å². The maximum absolute atomic E-state index is 14.2. The number of benzene rings is 2. The third kappa shape index (κ3) is 8.60. The quantitative estimate of drug-likeness (QED) is 0.249. The minimum atomic E-state index is -0.762. The molecule has 1 aromatic heterocycles. The maximum Gasteiger partial charge on any atom is 0.272 e. The van der Waals surface area contributed by atoms with Crippen molar-refractivity contribution >= 4 is 23.6 Å². The van der Waals surface area contributed by atoms with E-state index in [1.54, 1.807) is 53.2 Å². The highest BCUT2D eigenvalue weighted by Gasteiger charge is 2.48. The van der Waals surface area contributed by atoms with Crippen molar-refractivity contribution in [3.8, 4) is 11.5 Å². The maximum atomic E-state index is 14.2. The first-order chi connectivity index (χ1) is 24.1. The Morgan fingerprint density at radius 2 is 1.66 bits per heavy atom. The summed E-state index contributed by atoms with van der Waals surface area (Å²) in [7, 11) is 3.06. The van der Waals surface area contributed by atoms with Crippen LogP contribution in [0.2, 0.25) is 0 Å². The van der Waals surface area contributed by atoms with E-state index < -0.39 is 12.0 Å². The van der Waals surface area contributed by atoms with Gasteiger partial charge in [0.05, 0.1) is 31.4 Å². The molecule has 3 aromatic rings. The third-order valence-electron chi connectivity index (χ3n) is 9.43. The van der Waals surface area contributed by atoms with Crippen molar-refractivity contribution in [1.82, 2.24) is 25.4 Å². The Bertz CT molecular complexity index is 1670. The van der Waals surface area contributed by atoms with Crippen LogP contribution in [0, 0.1) is 17.8 Å². The highest BCUT2D eigenvalue weighted by atomic mass is 16.5. The van der Waals surface area contributed by atoms with Crippen LogP contribution in [0.1, 0.15) is 58.8 Å². The van der Waals surface area contributed by atoms with Crippen LogP contribution >= 0.6 is 0 Å². The number of methoxy groups -OCH3 is 1. The molecular weight excluding hydrogens is 638 g/mol. The molecule has 0 radical (unpaired) electrons. The number of aromatic nitrogens is 1. The second kappa shape index (κ2) is 16.6. The summed E-state index contributed by atoms with van der Waals surface area (Å²) in [6.45, 7) is 4.57. The highest BCUT2D eigenvalue weighted by Crippen LogP contribution is 2.37. The van der Waals surface area contributed by atoms with E-state index in [1.165, 1.54) is 7.11 Å². The third-order valence-corrected chi connectivity index (χ3v) is 9.43. The number of nitrogens with zero attached hydrogens (tertiary/aromatic N) is 3. The number of rotatable bonds is 13. The van der Waals surface area contributed by atoms with Crippen molar-refractivity contribution in [2.75, 3.05) is 40.3 Å². The number of carbonyl (C=O) groups excluding carboxylic acids is 4. The summed E-state index contributed by atoms with van der Waals surface area (Å²) >= 11 is 0. The molecule has 5 rings (SSSR count). The SMILES string of the molecule is CNC(=O)[C@H](CCCc1ccccc1)NC(=O)C1CN(C(=O)c2cccc(CO)n2)CC2CN(C(=O)c3ccc(OC(C)C)c(OC)c3)CC21. The van der Waals surface area contributed by atoms with E-state index in [9.17, 15) is 24.3 Å². The molecule has 2 aromatic carbocycles. The van der Waals surface area contributed by atoms with Gasteiger partial charge in [0.25, 0.3) is 11.8 Å². The molecule has 0 saturated carbocycles. The van der Waals surface area contributed by atoms with E-state index in [0.29, 0.717) is 55.2 Å². The topological polar surface area (TPSA) is 150 Å². The first kappa shape index (κ1) is 36.3. The Labute approximate surface area is 293 Å². The number of pyridine rings is 1.